The highest BCUT2D eigenvalue weighted by Crippen LogP contribution is 2.37. The average molecular weight is 304 g/mol. The van der Waals surface area contributed by atoms with E-state index in [9.17, 15) is 14.0 Å². The molecule has 1 amide bonds. The summed E-state index contributed by atoms with van der Waals surface area (Å²) in [6.45, 7) is 2.06. The fourth-order valence-electron chi connectivity index (χ4n) is 2.50. The first-order chi connectivity index (χ1) is 9.99. The molecule has 0 saturated heterocycles. The summed E-state index contributed by atoms with van der Waals surface area (Å²) in [5.41, 5.74) is 1.77. The van der Waals surface area contributed by atoms with Gasteiger partial charge in [-0.15, -0.1) is 0 Å². The Kier molecular flexibility index (Phi) is 3.26. The SMILES string of the molecule is Cc1cccc(CN2C(=O)C(=O)c3c(Cl)ccc(F)c32)c1. The zero-order valence-electron chi connectivity index (χ0n) is 11.2. The summed E-state index contributed by atoms with van der Waals surface area (Å²) in [6, 6.07) is 9.94. The molecule has 0 saturated carbocycles. The van der Waals surface area contributed by atoms with Crippen molar-refractivity contribution >= 4 is 29.0 Å². The van der Waals surface area contributed by atoms with Crippen LogP contribution in [0.2, 0.25) is 5.02 Å². The predicted octanol–water partition coefficient (Wildman–Crippen LogP) is 3.52. The lowest BCUT2D eigenvalue weighted by molar-refractivity contribution is -0.114. The molecular formula is C16H11ClFNO2. The summed E-state index contributed by atoms with van der Waals surface area (Å²) < 4.78 is 14.0. The molecule has 1 aliphatic heterocycles. The molecule has 0 bridgehead atoms. The van der Waals surface area contributed by atoms with Crippen LogP contribution in [-0.2, 0) is 11.3 Å². The maximum Gasteiger partial charge on any atom is 0.299 e. The molecule has 0 unspecified atom stereocenters. The van der Waals surface area contributed by atoms with Gasteiger partial charge < -0.3 is 0 Å². The number of hydrogen-bond acceptors (Lipinski definition) is 2. The van der Waals surface area contributed by atoms with Gasteiger partial charge in [-0.2, -0.15) is 0 Å². The maximum absolute atomic E-state index is 14.0. The van der Waals surface area contributed by atoms with Crippen LogP contribution in [0.15, 0.2) is 36.4 Å². The fraction of sp³-hybridized carbons (Fsp3) is 0.125. The molecule has 21 heavy (non-hydrogen) atoms. The number of anilines is 1. The minimum atomic E-state index is -0.762. The van der Waals surface area contributed by atoms with Crippen molar-refractivity contribution in [3.8, 4) is 0 Å². The highest BCUT2D eigenvalue weighted by Gasteiger charge is 2.39. The number of fused-ring (bicyclic) bond motifs is 1. The Labute approximate surface area is 125 Å². The first-order valence-electron chi connectivity index (χ1n) is 6.39. The quantitative estimate of drug-likeness (QED) is 0.796. The number of carbonyl (C=O) groups excluding carboxylic acids is 2. The van der Waals surface area contributed by atoms with Crippen molar-refractivity contribution in [2.24, 2.45) is 0 Å². The number of ketones is 1. The van der Waals surface area contributed by atoms with Crippen LogP contribution in [0.3, 0.4) is 0 Å². The summed E-state index contributed by atoms with van der Waals surface area (Å²) >= 11 is 5.93. The standard InChI is InChI=1S/C16H11ClFNO2/c1-9-3-2-4-10(7-9)8-19-14-12(18)6-5-11(17)13(14)15(20)16(19)21/h2-7H,8H2,1H3. The molecule has 0 aromatic heterocycles. The second-order valence-corrected chi connectivity index (χ2v) is 5.37. The number of carbonyl (C=O) groups is 2. The van der Waals surface area contributed by atoms with Crippen LogP contribution in [0.25, 0.3) is 0 Å². The first kappa shape index (κ1) is 13.8. The Hall–Kier alpha value is -2.20. The summed E-state index contributed by atoms with van der Waals surface area (Å²) in [4.78, 5) is 25.2. The van der Waals surface area contributed by atoms with Gasteiger partial charge in [0.25, 0.3) is 11.7 Å². The third-order valence-corrected chi connectivity index (χ3v) is 3.75. The van der Waals surface area contributed by atoms with E-state index in [0.29, 0.717) is 0 Å². The van der Waals surface area contributed by atoms with Crippen molar-refractivity contribution in [2.45, 2.75) is 13.5 Å². The third kappa shape index (κ3) is 2.21. The van der Waals surface area contributed by atoms with E-state index < -0.39 is 17.5 Å². The molecule has 3 nitrogen and oxygen atoms in total. The molecule has 1 heterocycles. The molecule has 1 aliphatic rings. The Morgan fingerprint density at radius 2 is 1.95 bits per heavy atom. The molecule has 0 radical (unpaired) electrons. The number of rotatable bonds is 2. The minimum absolute atomic E-state index is 0.0287. The van der Waals surface area contributed by atoms with E-state index in [1.165, 1.54) is 6.07 Å². The highest BCUT2D eigenvalue weighted by molar-refractivity contribution is 6.55. The monoisotopic (exact) mass is 303 g/mol. The first-order valence-corrected chi connectivity index (χ1v) is 6.76. The van der Waals surface area contributed by atoms with Gasteiger partial charge in [0, 0.05) is 0 Å². The molecule has 2 aromatic carbocycles. The maximum atomic E-state index is 14.0. The van der Waals surface area contributed by atoms with Gasteiger partial charge in [-0.3, -0.25) is 14.5 Å². The number of halogens is 2. The van der Waals surface area contributed by atoms with Gasteiger partial charge in [0.05, 0.1) is 22.8 Å². The number of hydrogen-bond donors (Lipinski definition) is 0. The molecule has 0 spiro atoms. The zero-order valence-corrected chi connectivity index (χ0v) is 11.9. The average Bonchev–Trinajstić information content (AvgIpc) is 2.69. The third-order valence-electron chi connectivity index (χ3n) is 3.44. The van der Waals surface area contributed by atoms with Crippen LogP contribution in [0, 0.1) is 12.7 Å². The summed E-state index contributed by atoms with van der Waals surface area (Å²) in [5.74, 6) is -2.14. The lowest BCUT2D eigenvalue weighted by atomic mass is 10.1. The molecule has 0 N–H and O–H groups in total. The Morgan fingerprint density at radius 3 is 2.67 bits per heavy atom. The molecule has 2 aromatic rings. The van der Waals surface area contributed by atoms with Crippen molar-refractivity contribution < 1.29 is 14.0 Å². The second-order valence-electron chi connectivity index (χ2n) is 4.96. The summed E-state index contributed by atoms with van der Waals surface area (Å²) in [7, 11) is 0. The van der Waals surface area contributed by atoms with Crippen LogP contribution >= 0.6 is 11.6 Å². The number of amides is 1. The minimum Gasteiger partial charge on any atom is -0.298 e. The number of aryl methyl sites for hydroxylation is 1. The van der Waals surface area contributed by atoms with Crippen LogP contribution in [0.1, 0.15) is 21.5 Å². The van der Waals surface area contributed by atoms with Gasteiger partial charge in [0.15, 0.2) is 0 Å². The second kappa shape index (κ2) is 4.97. The number of benzene rings is 2. The van der Waals surface area contributed by atoms with Crippen molar-refractivity contribution in [2.75, 3.05) is 4.90 Å². The Balaban J connectivity index is 2.08. The lowest BCUT2D eigenvalue weighted by Crippen LogP contribution is -2.29. The van der Waals surface area contributed by atoms with E-state index in [1.54, 1.807) is 0 Å². The van der Waals surface area contributed by atoms with Gasteiger partial charge in [0.1, 0.15) is 5.82 Å². The van der Waals surface area contributed by atoms with Gasteiger partial charge in [-0.05, 0) is 24.6 Å². The smallest absolute Gasteiger partial charge is 0.298 e. The molecule has 0 atom stereocenters. The molecule has 0 fully saturated rings. The molecular weight excluding hydrogens is 293 g/mol. The van der Waals surface area contributed by atoms with E-state index in [4.69, 9.17) is 11.6 Å². The highest BCUT2D eigenvalue weighted by atomic mass is 35.5. The van der Waals surface area contributed by atoms with E-state index >= 15 is 0 Å². The van der Waals surface area contributed by atoms with Crippen molar-refractivity contribution in [1.29, 1.82) is 0 Å². The molecule has 106 valence electrons. The molecule has 3 rings (SSSR count). The van der Waals surface area contributed by atoms with E-state index in [1.807, 2.05) is 31.2 Å². The van der Waals surface area contributed by atoms with Crippen molar-refractivity contribution in [1.82, 2.24) is 0 Å². The van der Waals surface area contributed by atoms with Crippen LogP contribution in [0.4, 0.5) is 10.1 Å². The topological polar surface area (TPSA) is 37.4 Å². The van der Waals surface area contributed by atoms with Crippen molar-refractivity contribution in [3.63, 3.8) is 0 Å². The van der Waals surface area contributed by atoms with Gasteiger partial charge in [-0.1, -0.05) is 41.4 Å². The molecule has 0 aliphatic carbocycles. The summed E-state index contributed by atoms with van der Waals surface area (Å²) in [6.07, 6.45) is 0. The number of nitrogens with zero attached hydrogens (tertiary/aromatic N) is 1. The Bertz CT molecular complexity index is 773. The van der Waals surface area contributed by atoms with Crippen LogP contribution in [0.5, 0.6) is 0 Å². The largest absolute Gasteiger partial charge is 0.299 e. The zero-order chi connectivity index (χ0) is 15.1. The van der Waals surface area contributed by atoms with E-state index in [0.717, 1.165) is 22.1 Å². The van der Waals surface area contributed by atoms with Crippen LogP contribution < -0.4 is 4.90 Å². The predicted molar refractivity (Wildman–Crippen MR) is 78.1 cm³/mol. The van der Waals surface area contributed by atoms with Gasteiger partial charge in [-0.25, -0.2) is 4.39 Å². The normalized spacial score (nSPS) is 13.8. The fourth-order valence-corrected chi connectivity index (χ4v) is 2.73. The summed E-state index contributed by atoms with van der Waals surface area (Å²) in [5, 5.41) is 0.0940. The van der Waals surface area contributed by atoms with Crippen LogP contribution in [-0.4, -0.2) is 11.7 Å². The van der Waals surface area contributed by atoms with E-state index in [-0.39, 0.29) is 22.8 Å². The lowest BCUT2D eigenvalue weighted by Gasteiger charge is -2.17. The van der Waals surface area contributed by atoms with Gasteiger partial charge in [0.2, 0.25) is 0 Å². The Morgan fingerprint density at radius 1 is 1.19 bits per heavy atom. The number of Topliss-reactive ketones (excluding diaryl/α,β-unsaturated/α-hetero) is 1. The van der Waals surface area contributed by atoms with Crippen molar-refractivity contribution in [3.05, 3.63) is 63.9 Å². The van der Waals surface area contributed by atoms with E-state index in [2.05, 4.69) is 0 Å². The molecule has 5 heteroatoms. The van der Waals surface area contributed by atoms with Gasteiger partial charge >= 0.3 is 0 Å².